The average molecular weight is 452 g/mol. The van der Waals surface area contributed by atoms with Gasteiger partial charge in [0.05, 0.1) is 15.6 Å². The molecule has 0 atom stereocenters. The molecule has 2 heterocycles. The number of hydrogen-bond donors (Lipinski definition) is 0. The first-order chi connectivity index (χ1) is 13.8. The summed E-state index contributed by atoms with van der Waals surface area (Å²) in [5, 5.41) is 1.10. The van der Waals surface area contributed by atoms with Crippen molar-refractivity contribution in [3.8, 4) is 0 Å². The molecule has 1 fully saturated rings. The Balaban J connectivity index is 1.53. The van der Waals surface area contributed by atoms with E-state index in [0.29, 0.717) is 18.7 Å². The van der Waals surface area contributed by atoms with Gasteiger partial charge in [-0.25, -0.2) is 8.42 Å². The zero-order valence-corrected chi connectivity index (χ0v) is 18.0. The molecule has 0 radical (unpaired) electrons. The zero-order chi connectivity index (χ0) is 20.8. The van der Waals surface area contributed by atoms with Crippen molar-refractivity contribution in [1.82, 2.24) is 13.8 Å². The first-order valence-electron chi connectivity index (χ1n) is 9.08. The highest BCUT2D eigenvalue weighted by atomic mass is 35.5. The van der Waals surface area contributed by atoms with Crippen LogP contribution in [0.1, 0.15) is 10.4 Å². The van der Waals surface area contributed by atoms with Gasteiger partial charge >= 0.3 is 0 Å². The Bertz CT molecular complexity index is 1200. The fourth-order valence-electron chi connectivity index (χ4n) is 3.64. The van der Waals surface area contributed by atoms with Crippen LogP contribution in [0.25, 0.3) is 10.9 Å². The van der Waals surface area contributed by atoms with Crippen LogP contribution in [0.15, 0.2) is 53.6 Å². The molecule has 0 bridgehead atoms. The van der Waals surface area contributed by atoms with Gasteiger partial charge < -0.3 is 9.47 Å². The third-order valence-corrected chi connectivity index (χ3v) is 8.06. The van der Waals surface area contributed by atoms with Gasteiger partial charge in [-0.15, -0.1) is 0 Å². The Labute approximate surface area is 179 Å². The van der Waals surface area contributed by atoms with E-state index in [1.807, 2.05) is 42.1 Å². The van der Waals surface area contributed by atoms with Gasteiger partial charge in [-0.2, -0.15) is 4.31 Å². The monoisotopic (exact) mass is 451 g/mol. The summed E-state index contributed by atoms with van der Waals surface area (Å²) in [6.07, 6.45) is 1.82. The van der Waals surface area contributed by atoms with Crippen LogP contribution in [0.5, 0.6) is 0 Å². The lowest BCUT2D eigenvalue weighted by Crippen LogP contribution is -2.50. The predicted octanol–water partition coefficient (Wildman–Crippen LogP) is 3.63. The van der Waals surface area contributed by atoms with Gasteiger partial charge in [0, 0.05) is 50.3 Å². The Morgan fingerprint density at radius 1 is 0.966 bits per heavy atom. The first kappa shape index (κ1) is 20.2. The second kappa shape index (κ2) is 7.65. The minimum absolute atomic E-state index is 0.0134. The van der Waals surface area contributed by atoms with Gasteiger partial charge in [0.25, 0.3) is 5.91 Å². The van der Waals surface area contributed by atoms with Gasteiger partial charge in [0.2, 0.25) is 10.0 Å². The molecule has 152 valence electrons. The number of fused-ring (bicyclic) bond motifs is 1. The van der Waals surface area contributed by atoms with E-state index in [4.69, 9.17) is 23.2 Å². The fraction of sp³-hybridized carbons (Fsp3) is 0.250. The summed E-state index contributed by atoms with van der Waals surface area (Å²) in [7, 11) is -1.88. The highest BCUT2D eigenvalue weighted by molar-refractivity contribution is 7.89. The highest BCUT2D eigenvalue weighted by Crippen LogP contribution is 2.31. The lowest BCUT2D eigenvalue weighted by atomic mass is 10.1. The number of benzene rings is 2. The van der Waals surface area contributed by atoms with Crippen molar-refractivity contribution in [2.45, 2.75) is 4.90 Å². The van der Waals surface area contributed by atoms with Crippen molar-refractivity contribution in [1.29, 1.82) is 0 Å². The smallest absolute Gasteiger partial charge is 0.256 e. The minimum atomic E-state index is -3.78. The molecule has 0 unspecified atom stereocenters. The summed E-state index contributed by atoms with van der Waals surface area (Å²) in [5.41, 5.74) is 1.60. The molecule has 1 amide bonds. The van der Waals surface area contributed by atoms with E-state index in [-0.39, 0.29) is 33.9 Å². The number of aryl methyl sites for hydroxylation is 1. The molecular weight excluding hydrogens is 433 g/mol. The average Bonchev–Trinajstić information content (AvgIpc) is 3.06. The normalized spacial score (nSPS) is 15.8. The van der Waals surface area contributed by atoms with Crippen LogP contribution in [-0.2, 0) is 17.1 Å². The molecule has 29 heavy (non-hydrogen) atoms. The summed E-state index contributed by atoms with van der Waals surface area (Å²) >= 11 is 12.1. The Kier molecular flexibility index (Phi) is 5.33. The van der Waals surface area contributed by atoms with E-state index in [2.05, 4.69) is 0 Å². The van der Waals surface area contributed by atoms with Gasteiger partial charge in [-0.05, 0) is 18.2 Å². The van der Waals surface area contributed by atoms with Crippen molar-refractivity contribution in [3.05, 3.63) is 64.3 Å². The molecule has 0 N–H and O–H groups in total. The van der Waals surface area contributed by atoms with E-state index < -0.39 is 10.0 Å². The molecular formula is C20H19Cl2N3O3S. The lowest BCUT2D eigenvalue weighted by Gasteiger charge is -2.34. The van der Waals surface area contributed by atoms with E-state index in [1.165, 1.54) is 10.4 Å². The summed E-state index contributed by atoms with van der Waals surface area (Å²) in [4.78, 5) is 14.7. The standard InChI is InChI=1S/C20H19Cl2N3O3S/c1-23-13-15(14-5-2-3-7-17(14)23)20(26)24-9-11-25(12-10-24)29(27,28)18-8-4-6-16(21)19(18)22/h2-8,13H,9-12H2,1H3. The Hall–Kier alpha value is -2.06. The summed E-state index contributed by atoms with van der Waals surface area (Å²) in [6.45, 7) is 1.00. The van der Waals surface area contributed by atoms with E-state index in [0.717, 1.165) is 10.9 Å². The molecule has 1 aliphatic rings. The molecule has 6 nitrogen and oxygen atoms in total. The molecule has 3 aromatic rings. The highest BCUT2D eigenvalue weighted by Gasteiger charge is 2.32. The number of sulfonamides is 1. The second-order valence-corrected chi connectivity index (χ2v) is 9.61. The topological polar surface area (TPSA) is 62.6 Å². The first-order valence-corrected chi connectivity index (χ1v) is 11.3. The minimum Gasteiger partial charge on any atom is -0.350 e. The van der Waals surface area contributed by atoms with Crippen molar-refractivity contribution < 1.29 is 13.2 Å². The summed E-state index contributed by atoms with van der Waals surface area (Å²) in [5.74, 6) is -0.0976. The molecule has 4 rings (SSSR count). The van der Waals surface area contributed by atoms with Crippen LogP contribution < -0.4 is 0 Å². The number of carbonyl (C=O) groups excluding carboxylic acids is 1. The lowest BCUT2D eigenvalue weighted by molar-refractivity contribution is 0.0699. The SMILES string of the molecule is Cn1cc(C(=O)N2CCN(S(=O)(=O)c3cccc(Cl)c3Cl)CC2)c2ccccc21. The molecule has 0 aliphatic carbocycles. The van der Waals surface area contributed by atoms with Gasteiger partial charge in [-0.1, -0.05) is 47.5 Å². The van der Waals surface area contributed by atoms with Crippen molar-refractivity contribution >= 4 is 50.0 Å². The number of aromatic nitrogens is 1. The maximum Gasteiger partial charge on any atom is 0.256 e. The van der Waals surface area contributed by atoms with Crippen LogP contribution in [0.2, 0.25) is 10.0 Å². The number of nitrogens with zero attached hydrogens (tertiary/aromatic N) is 3. The van der Waals surface area contributed by atoms with E-state index in [9.17, 15) is 13.2 Å². The molecule has 2 aromatic carbocycles. The van der Waals surface area contributed by atoms with Crippen molar-refractivity contribution in [3.63, 3.8) is 0 Å². The number of hydrogen-bond acceptors (Lipinski definition) is 3. The molecule has 0 spiro atoms. The molecule has 1 aromatic heterocycles. The van der Waals surface area contributed by atoms with Gasteiger partial charge in [0.15, 0.2) is 0 Å². The van der Waals surface area contributed by atoms with E-state index in [1.54, 1.807) is 17.0 Å². The number of piperazine rings is 1. The number of rotatable bonds is 3. The second-order valence-electron chi connectivity index (χ2n) is 6.92. The van der Waals surface area contributed by atoms with Gasteiger partial charge in [-0.3, -0.25) is 4.79 Å². The van der Waals surface area contributed by atoms with Crippen LogP contribution in [-0.4, -0.2) is 54.3 Å². The third-order valence-electron chi connectivity index (χ3n) is 5.19. The predicted molar refractivity (Wildman–Crippen MR) is 114 cm³/mol. The molecule has 9 heteroatoms. The number of carbonyl (C=O) groups is 1. The Morgan fingerprint density at radius 2 is 1.66 bits per heavy atom. The quantitative estimate of drug-likeness (QED) is 0.610. The number of halogens is 2. The van der Waals surface area contributed by atoms with Crippen molar-refractivity contribution in [2.75, 3.05) is 26.2 Å². The summed E-state index contributed by atoms with van der Waals surface area (Å²) in [6, 6.07) is 12.3. The Morgan fingerprint density at radius 3 is 2.38 bits per heavy atom. The van der Waals surface area contributed by atoms with Crippen LogP contribution in [0, 0.1) is 0 Å². The van der Waals surface area contributed by atoms with Crippen LogP contribution in [0.4, 0.5) is 0 Å². The van der Waals surface area contributed by atoms with Crippen LogP contribution in [0.3, 0.4) is 0 Å². The largest absolute Gasteiger partial charge is 0.350 e. The number of amides is 1. The zero-order valence-electron chi connectivity index (χ0n) is 15.7. The van der Waals surface area contributed by atoms with Crippen molar-refractivity contribution in [2.24, 2.45) is 7.05 Å². The maximum absolute atomic E-state index is 13.1. The molecule has 1 saturated heterocycles. The van der Waals surface area contributed by atoms with E-state index >= 15 is 0 Å². The molecule has 0 saturated carbocycles. The van der Waals surface area contributed by atoms with Gasteiger partial charge in [0.1, 0.15) is 4.90 Å². The third kappa shape index (κ3) is 3.53. The molecule has 1 aliphatic heterocycles. The summed E-state index contributed by atoms with van der Waals surface area (Å²) < 4.78 is 29.2. The fourth-order valence-corrected chi connectivity index (χ4v) is 5.79. The number of para-hydroxylation sites is 1. The van der Waals surface area contributed by atoms with Crippen LogP contribution >= 0.6 is 23.2 Å². The maximum atomic E-state index is 13.1.